The van der Waals surface area contributed by atoms with E-state index >= 15 is 0 Å². The summed E-state index contributed by atoms with van der Waals surface area (Å²) in [5.41, 5.74) is 23.0. The number of Topliss-reactive ketones (excluding diaryl/α,β-unsaturated/α-hetero) is 4. The van der Waals surface area contributed by atoms with Gasteiger partial charge in [-0.1, -0.05) is 242 Å². The highest BCUT2D eigenvalue weighted by atomic mass is 35.5. The number of methoxy groups -OCH3 is 2. The molecule has 9 heterocycles. The van der Waals surface area contributed by atoms with Gasteiger partial charge in [-0.3, -0.25) is 39.1 Å². The molecule has 22 heteroatoms. The summed E-state index contributed by atoms with van der Waals surface area (Å²) in [4.78, 5) is 76.8. The summed E-state index contributed by atoms with van der Waals surface area (Å²) in [6.45, 7) is 32.9. The molecular formula is C103H104Cl2N10O10. The number of ether oxygens (including phenoxy) is 2. The van der Waals surface area contributed by atoms with Crippen molar-refractivity contribution in [1.29, 1.82) is 0 Å². The molecule has 17 rings (SSSR count). The van der Waals surface area contributed by atoms with Crippen molar-refractivity contribution in [3.8, 4) is 67.3 Å². The second kappa shape index (κ2) is 35.9. The largest absolute Gasteiger partial charge is 0.497 e. The fourth-order valence-electron chi connectivity index (χ4n) is 15.5. The van der Waals surface area contributed by atoms with Gasteiger partial charge in [0.15, 0.2) is 23.0 Å². The first-order valence-electron chi connectivity index (χ1n) is 41.9. The third-order valence-electron chi connectivity index (χ3n) is 22.9. The van der Waals surface area contributed by atoms with Crippen LogP contribution in [0.25, 0.3) is 55.8 Å². The molecule has 640 valence electrons. The molecule has 20 nitrogen and oxygen atoms in total. The Morgan fingerprint density at radius 3 is 0.952 bits per heavy atom. The van der Waals surface area contributed by atoms with Crippen molar-refractivity contribution >= 4 is 69.2 Å². The van der Waals surface area contributed by atoms with E-state index in [0.29, 0.717) is 33.1 Å². The van der Waals surface area contributed by atoms with Crippen molar-refractivity contribution in [1.82, 2.24) is 30.2 Å². The number of aromatic nitrogens is 6. The number of aryl methyl sites for hydroxylation is 6. The molecule has 0 amide bonds. The summed E-state index contributed by atoms with van der Waals surface area (Å²) >= 11 is 12.3. The van der Waals surface area contributed by atoms with Crippen molar-refractivity contribution in [3.05, 3.63) is 300 Å². The van der Waals surface area contributed by atoms with Crippen LogP contribution in [0, 0.1) is 56.3 Å². The number of hydrogen-bond acceptors (Lipinski definition) is 19. The molecule has 4 aliphatic heterocycles. The van der Waals surface area contributed by atoms with E-state index in [4.69, 9.17) is 70.7 Å². The lowest BCUT2D eigenvalue weighted by Crippen LogP contribution is -2.22. The number of imidazole rings is 1. The van der Waals surface area contributed by atoms with Crippen LogP contribution in [-0.4, -0.2) is 90.4 Å². The maximum atomic E-state index is 13.1. The Labute approximate surface area is 739 Å². The van der Waals surface area contributed by atoms with Gasteiger partial charge in [0.1, 0.15) is 58.8 Å². The fraction of sp³-hybridized carbons (Fsp3) is 0.311. The van der Waals surface area contributed by atoms with Crippen LogP contribution < -0.4 is 9.47 Å². The van der Waals surface area contributed by atoms with Gasteiger partial charge in [0.2, 0.25) is 0 Å². The Morgan fingerprint density at radius 2 is 0.632 bits per heavy atom. The minimum Gasteiger partial charge on any atom is -0.497 e. The maximum Gasteiger partial charge on any atom is 0.169 e. The predicted molar refractivity (Wildman–Crippen MR) is 492 cm³/mol. The maximum absolute atomic E-state index is 13.1. The zero-order valence-corrected chi connectivity index (χ0v) is 75.9. The molecule has 0 saturated heterocycles. The SMILES string of the molecule is COc1ccc(C2=N[C@@H](CC(=O)C(C)(C)C)c3onc(C)c3-c3ccccc32)cc1.COc1ccc2c(c1)C(c1ccc(Cl)cc1)=N[C@@H](CC(=O)C(C)(C)C)c1onc(C)c1-2.Cc1ccc(C2=N[C@@H](CC(=O)C(C)(C)C)c3onc(C)c3-c3ccccc32)cc1.Cc1noc2c1-c1ccc(-c3cn(C)cn3)cc1C(c1ccc(Cl)cc1)=N[C@H]2CC(=O)C(C)(C)C. The van der Waals surface area contributed by atoms with Crippen molar-refractivity contribution in [2.75, 3.05) is 14.2 Å². The van der Waals surface area contributed by atoms with E-state index in [1.54, 1.807) is 20.5 Å². The average molecular weight is 1710 g/mol. The van der Waals surface area contributed by atoms with E-state index in [0.717, 1.165) is 157 Å². The molecule has 0 saturated carbocycles. The molecular weight excluding hydrogens is 1610 g/mol. The third-order valence-corrected chi connectivity index (χ3v) is 23.4. The molecule has 0 aliphatic carbocycles. The zero-order valence-electron chi connectivity index (χ0n) is 74.4. The van der Waals surface area contributed by atoms with E-state index in [1.807, 2.05) is 244 Å². The van der Waals surface area contributed by atoms with Gasteiger partial charge >= 0.3 is 0 Å². The van der Waals surface area contributed by atoms with Crippen molar-refractivity contribution in [2.45, 2.75) is 168 Å². The van der Waals surface area contributed by atoms with Crippen LogP contribution >= 0.6 is 23.2 Å². The smallest absolute Gasteiger partial charge is 0.169 e. The van der Waals surface area contributed by atoms with Gasteiger partial charge in [-0.2, -0.15) is 0 Å². The number of benzene rings is 8. The lowest BCUT2D eigenvalue weighted by Gasteiger charge is -2.19. The van der Waals surface area contributed by atoms with Gasteiger partial charge in [-0.15, -0.1) is 0 Å². The van der Waals surface area contributed by atoms with Crippen LogP contribution in [0.2, 0.25) is 10.0 Å². The second-order valence-corrected chi connectivity index (χ2v) is 37.2. The van der Waals surface area contributed by atoms with Crippen LogP contribution in [0.15, 0.2) is 233 Å². The van der Waals surface area contributed by atoms with Gasteiger partial charge in [0, 0.05) is 121 Å². The Bertz CT molecular complexity index is 6380. The number of ketones is 4. The lowest BCUT2D eigenvalue weighted by molar-refractivity contribution is -0.127. The minimum atomic E-state index is -0.491. The monoisotopic (exact) mass is 1710 g/mol. The average Bonchev–Trinajstić information content (AvgIpc) is 1.62. The standard InChI is InChI=1S/C28H27ClN4O2.C25H25ClN2O3.C25H26N2O3.C25H26N2O2/c1-16-25-20-11-8-18(23-14-33(5)15-30-23)12-21(20)26(17-6-9-19(29)10-7-17)31-22(27(25)35-32-16)13-24(34)28(2,3)4;1-14-22-18-11-10-17(30-5)12-19(18)23(15-6-8-16(26)9-7-15)27-20(24(22)31-28-14)13-21(29)25(2,3)4;1-15-22-18-8-6-7-9-19(18)23(16-10-12-17(29-5)13-11-16)26-20(24(22)30-27-15)14-21(28)25(2,3)4;1-15-10-12-17(13-11-15)23-19-9-7-6-8-18(19)22-16(2)27-29-24(22)20(26-23)14-21(28)25(3,4)5/h6-12,14-15,22H,13H2,1-5H3;6-12,20H,13H2,1-5H3;6-13,20H,14H2,1-5H3;6-13,20H,14H2,1-5H3/t22-;3*20-/m0000/s1. The molecule has 0 unspecified atom stereocenters. The lowest BCUT2D eigenvalue weighted by atomic mass is 9.86. The van der Waals surface area contributed by atoms with Gasteiger partial charge in [-0.25, -0.2) is 4.98 Å². The summed E-state index contributed by atoms with van der Waals surface area (Å²) in [6, 6.07) is 58.0. The van der Waals surface area contributed by atoms with Gasteiger partial charge < -0.3 is 32.1 Å². The van der Waals surface area contributed by atoms with E-state index in [2.05, 4.69) is 99.3 Å². The van der Waals surface area contributed by atoms with Gasteiger partial charge in [0.05, 0.1) is 94.1 Å². The predicted octanol–water partition coefficient (Wildman–Crippen LogP) is 24.2. The Balaban J connectivity index is 0.000000136. The highest BCUT2D eigenvalue weighted by Gasteiger charge is 2.40. The van der Waals surface area contributed by atoms with Crippen molar-refractivity contribution < 1.29 is 46.7 Å². The van der Waals surface area contributed by atoms with Crippen LogP contribution in [0.3, 0.4) is 0 Å². The zero-order chi connectivity index (χ0) is 89.5. The first-order chi connectivity index (χ1) is 59.3. The third kappa shape index (κ3) is 19.1. The summed E-state index contributed by atoms with van der Waals surface area (Å²) < 4.78 is 35.8. The highest BCUT2D eigenvalue weighted by Crippen LogP contribution is 2.48. The summed E-state index contributed by atoms with van der Waals surface area (Å²) in [5.74, 6) is 4.59. The molecule has 125 heavy (non-hydrogen) atoms. The molecule has 0 spiro atoms. The van der Waals surface area contributed by atoms with Crippen LogP contribution in [0.1, 0.15) is 229 Å². The van der Waals surface area contributed by atoms with Crippen LogP contribution in [0.4, 0.5) is 0 Å². The Morgan fingerprint density at radius 1 is 0.352 bits per heavy atom. The molecule has 13 aromatic rings. The molecule has 4 aliphatic rings. The number of halogens is 2. The number of aliphatic imine (C=N–C) groups is 4. The van der Waals surface area contributed by atoms with E-state index in [9.17, 15) is 19.2 Å². The molecule has 0 radical (unpaired) electrons. The molecule has 0 N–H and O–H groups in total. The van der Waals surface area contributed by atoms with E-state index in [1.165, 1.54) is 5.56 Å². The van der Waals surface area contributed by atoms with Gasteiger partial charge in [-0.05, 0) is 130 Å². The molecule has 0 fully saturated rings. The molecule has 8 aromatic carbocycles. The number of nitrogens with zero attached hydrogens (tertiary/aromatic N) is 10. The number of fused-ring (bicyclic) bond motifs is 12. The highest BCUT2D eigenvalue weighted by molar-refractivity contribution is 6.31. The molecule has 5 aromatic heterocycles. The molecule has 0 bridgehead atoms. The fourth-order valence-corrected chi connectivity index (χ4v) is 15.8. The number of carbonyl (C=O) groups excluding carboxylic acids is 4. The Kier molecular flexibility index (Phi) is 25.5. The number of hydrogen-bond donors (Lipinski definition) is 0. The summed E-state index contributed by atoms with van der Waals surface area (Å²) in [7, 11) is 5.23. The minimum absolute atomic E-state index is 0.111. The Hall–Kier alpha value is -12.7. The second-order valence-electron chi connectivity index (χ2n) is 36.3. The topological polar surface area (TPSA) is 258 Å². The number of rotatable bonds is 15. The quantitative estimate of drug-likeness (QED) is 0.0924. The van der Waals surface area contributed by atoms with E-state index < -0.39 is 45.8 Å². The summed E-state index contributed by atoms with van der Waals surface area (Å²) in [6.07, 6.45) is 4.77. The summed E-state index contributed by atoms with van der Waals surface area (Å²) in [5, 5.41) is 18.2. The first kappa shape index (κ1) is 88.7. The normalized spacial score (nSPS) is 15.6. The van der Waals surface area contributed by atoms with Crippen molar-refractivity contribution in [2.24, 2.45) is 48.7 Å². The van der Waals surface area contributed by atoms with E-state index in [-0.39, 0.29) is 48.8 Å². The van der Waals surface area contributed by atoms with Crippen LogP contribution in [-0.2, 0) is 26.2 Å². The van der Waals surface area contributed by atoms with Crippen molar-refractivity contribution in [3.63, 3.8) is 0 Å². The van der Waals surface area contributed by atoms with Crippen LogP contribution in [0.5, 0.6) is 11.5 Å². The molecule has 4 atom stereocenters. The van der Waals surface area contributed by atoms with Gasteiger partial charge in [0.25, 0.3) is 0 Å². The first-order valence-corrected chi connectivity index (χ1v) is 42.6. The number of carbonyl (C=O) groups is 4.